The average molecular weight is 587 g/mol. The smallest absolute Gasteiger partial charge is 0.237 e. The van der Waals surface area contributed by atoms with Crippen molar-refractivity contribution in [2.45, 2.75) is 57.2 Å². The summed E-state index contributed by atoms with van der Waals surface area (Å²) in [6.07, 6.45) is 6.72. The van der Waals surface area contributed by atoms with Crippen LogP contribution in [0.2, 0.25) is 0 Å². The molecule has 1 atom stereocenters. The highest BCUT2D eigenvalue weighted by atomic mass is 35.5. The zero-order chi connectivity index (χ0) is 27.7. The van der Waals surface area contributed by atoms with E-state index in [1.807, 2.05) is 53.3 Å². The molecule has 9 heteroatoms. The first-order chi connectivity index (χ1) is 18.8. The van der Waals surface area contributed by atoms with Crippen LogP contribution in [0.1, 0.15) is 54.9 Å². The number of aliphatic hydroxyl groups is 1. The Morgan fingerprint density at radius 1 is 0.975 bits per heavy atom. The molecule has 4 rings (SSSR count). The van der Waals surface area contributed by atoms with Gasteiger partial charge in [-0.15, -0.1) is 12.4 Å². The van der Waals surface area contributed by atoms with Gasteiger partial charge in [0.1, 0.15) is 5.75 Å². The second-order valence-corrected chi connectivity index (χ2v) is 12.0. The van der Waals surface area contributed by atoms with E-state index in [4.69, 9.17) is 4.74 Å². The number of nitrogens with one attached hydrogen (secondary N) is 2. The molecule has 7 nitrogen and oxygen atoms in total. The maximum Gasteiger partial charge on any atom is 0.237 e. The molecule has 3 aromatic carbocycles. The van der Waals surface area contributed by atoms with E-state index in [0.717, 1.165) is 61.6 Å². The molecule has 0 unspecified atom stereocenters. The molecule has 1 aliphatic carbocycles. The fraction of sp³-hybridized carbons (Fsp3) is 0.387. The molecule has 0 aromatic heterocycles. The maximum absolute atomic E-state index is 12.3. The van der Waals surface area contributed by atoms with E-state index >= 15 is 0 Å². The van der Waals surface area contributed by atoms with E-state index in [1.165, 1.54) is 12.0 Å². The molecule has 1 amide bonds. The van der Waals surface area contributed by atoms with Crippen molar-refractivity contribution in [2.75, 3.05) is 19.3 Å². The van der Waals surface area contributed by atoms with Crippen LogP contribution in [0.25, 0.3) is 11.1 Å². The van der Waals surface area contributed by atoms with Crippen LogP contribution in [0, 0.1) is 0 Å². The molecule has 0 spiro atoms. The van der Waals surface area contributed by atoms with Gasteiger partial charge in [-0.1, -0.05) is 73.2 Å². The molecule has 3 N–H and O–H groups in total. The molecule has 0 radical (unpaired) electrons. The molecule has 0 bridgehead atoms. The van der Waals surface area contributed by atoms with E-state index in [0.29, 0.717) is 17.9 Å². The Bertz CT molecular complexity index is 1330. The number of hydrogen-bond acceptors (Lipinski definition) is 6. The first-order valence-corrected chi connectivity index (χ1v) is 15.5. The third-order valence-electron chi connectivity index (χ3n) is 6.96. The van der Waals surface area contributed by atoms with Gasteiger partial charge in [-0.2, -0.15) is 0 Å². The first-order valence-electron chi connectivity index (χ1n) is 13.6. The third-order valence-corrected chi connectivity index (χ3v) is 7.56. The van der Waals surface area contributed by atoms with Crippen LogP contribution in [-0.2, 0) is 27.7 Å². The topological polar surface area (TPSA) is 105 Å². The zero-order valence-electron chi connectivity index (χ0n) is 22.8. The quantitative estimate of drug-likeness (QED) is 0.259. The fourth-order valence-corrected chi connectivity index (χ4v) is 5.38. The van der Waals surface area contributed by atoms with Crippen molar-refractivity contribution in [3.8, 4) is 16.9 Å². The van der Waals surface area contributed by atoms with E-state index in [1.54, 1.807) is 0 Å². The van der Waals surface area contributed by atoms with E-state index < -0.39 is 22.0 Å². The summed E-state index contributed by atoms with van der Waals surface area (Å²) in [5.74, 6) is 0.0568. The Kier molecular flexibility index (Phi) is 12.0. The number of carbonyl (C=O) groups is 1. The Morgan fingerprint density at radius 2 is 1.65 bits per heavy atom. The van der Waals surface area contributed by atoms with E-state index in [9.17, 15) is 18.3 Å². The highest BCUT2D eigenvalue weighted by Crippen LogP contribution is 2.31. The second-order valence-electron chi connectivity index (χ2n) is 10.3. The Labute approximate surface area is 243 Å². The summed E-state index contributed by atoms with van der Waals surface area (Å²) < 4.78 is 31.4. The largest absolute Gasteiger partial charge is 0.490 e. The standard InChI is InChI=1S/C31H38N2O5S.ClH/c1-39(36,37)33-31(35)21-27-17-16-26(20-30(27)38-28-10-6-3-7-11-28)24-14-12-23(13-15-24)18-19-32-22-29(34)25-8-4-2-5-9-25;/h2,4-5,8-9,12-17,20,28-29,32,34H,3,6-7,10-11,18-19,21-22H2,1H3,(H,33,35);1H/t29-;/m1./s1. The minimum absolute atomic E-state index is 0. The van der Waals surface area contributed by atoms with Crippen LogP contribution in [0.3, 0.4) is 0 Å². The van der Waals surface area contributed by atoms with Crippen molar-refractivity contribution < 1.29 is 23.1 Å². The predicted molar refractivity (Wildman–Crippen MR) is 161 cm³/mol. The lowest BCUT2D eigenvalue weighted by Gasteiger charge is -2.24. The van der Waals surface area contributed by atoms with Gasteiger partial charge < -0.3 is 15.2 Å². The summed E-state index contributed by atoms with van der Waals surface area (Å²) in [6, 6.07) is 23.7. The number of hydrogen-bond donors (Lipinski definition) is 3. The van der Waals surface area contributed by atoms with Gasteiger partial charge in [-0.05, 0) is 67.0 Å². The maximum atomic E-state index is 12.3. The lowest BCUT2D eigenvalue weighted by atomic mass is 9.97. The Hall–Kier alpha value is -2.91. The molecule has 1 aliphatic rings. The molecule has 216 valence electrons. The number of carbonyl (C=O) groups excluding carboxylic acids is 1. The number of amides is 1. The minimum atomic E-state index is -3.62. The van der Waals surface area contributed by atoms with Gasteiger partial charge in [0, 0.05) is 12.1 Å². The number of ether oxygens (including phenoxy) is 1. The minimum Gasteiger partial charge on any atom is -0.490 e. The lowest BCUT2D eigenvalue weighted by molar-refractivity contribution is -0.118. The van der Waals surface area contributed by atoms with Crippen LogP contribution in [-0.4, -0.2) is 44.9 Å². The molecule has 1 saturated carbocycles. The summed E-state index contributed by atoms with van der Waals surface area (Å²) in [6.45, 7) is 1.26. The number of aliphatic hydroxyl groups excluding tert-OH is 1. The van der Waals surface area contributed by atoms with Crippen molar-refractivity contribution in [1.82, 2.24) is 10.0 Å². The molecule has 0 saturated heterocycles. The molecule has 0 aliphatic heterocycles. The highest BCUT2D eigenvalue weighted by molar-refractivity contribution is 7.89. The van der Waals surface area contributed by atoms with Gasteiger partial charge in [0.05, 0.1) is 24.9 Å². The second kappa shape index (κ2) is 15.2. The monoisotopic (exact) mass is 586 g/mol. The Balaban J connectivity index is 0.00000441. The zero-order valence-corrected chi connectivity index (χ0v) is 24.5. The molecular weight excluding hydrogens is 548 g/mol. The molecular formula is C31H39ClN2O5S. The SMILES string of the molecule is CS(=O)(=O)NC(=O)Cc1ccc(-c2ccc(CCNC[C@@H](O)c3ccccc3)cc2)cc1OC1CCCCC1.Cl. The summed E-state index contributed by atoms with van der Waals surface area (Å²) in [7, 11) is -3.62. The first kappa shape index (κ1) is 31.6. The average Bonchev–Trinajstić information content (AvgIpc) is 2.92. The van der Waals surface area contributed by atoms with Crippen molar-refractivity contribution in [3.63, 3.8) is 0 Å². The van der Waals surface area contributed by atoms with Crippen LogP contribution in [0.4, 0.5) is 0 Å². The van der Waals surface area contributed by atoms with Crippen LogP contribution < -0.4 is 14.8 Å². The van der Waals surface area contributed by atoms with E-state index in [2.05, 4.69) is 29.6 Å². The van der Waals surface area contributed by atoms with Crippen LogP contribution in [0.15, 0.2) is 72.8 Å². The van der Waals surface area contributed by atoms with Crippen molar-refractivity contribution >= 4 is 28.3 Å². The summed E-state index contributed by atoms with van der Waals surface area (Å²) in [4.78, 5) is 12.3. The van der Waals surface area contributed by atoms with Gasteiger partial charge in [0.2, 0.25) is 15.9 Å². The van der Waals surface area contributed by atoms with Crippen LogP contribution >= 0.6 is 12.4 Å². The lowest BCUT2D eigenvalue weighted by Crippen LogP contribution is -2.31. The van der Waals surface area contributed by atoms with Crippen molar-refractivity contribution in [2.24, 2.45) is 0 Å². The van der Waals surface area contributed by atoms with Gasteiger partial charge >= 0.3 is 0 Å². The fourth-order valence-electron chi connectivity index (χ4n) is 4.90. The van der Waals surface area contributed by atoms with Crippen LogP contribution in [0.5, 0.6) is 5.75 Å². The summed E-state index contributed by atoms with van der Waals surface area (Å²) >= 11 is 0. The molecule has 3 aromatic rings. The van der Waals surface area contributed by atoms with Gasteiger partial charge in [0.25, 0.3) is 0 Å². The number of halogens is 1. The molecule has 40 heavy (non-hydrogen) atoms. The van der Waals surface area contributed by atoms with Crippen molar-refractivity contribution in [3.05, 3.63) is 89.5 Å². The predicted octanol–water partition coefficient (Wildman–Crippen LogP) is 4.97. The molecule has 0 heterocycles. The number of benzene rings is 3. The third kappa shape index (κ3) is 9.93. The van der Waals surface area contributed by atoms with Gasteiger partial charge in [0.15, 0.2) is 0 Å². The van der Waals surface area contributed by atoms with Crippen molar-refractivity contribution in [1.29, 1.82) is 0 Å². The summed E-state index contributed by atoms with van der Waals surface area (Å²) in [5, 5.41) is 13.6. The van der Waals surface area contributed by atoms with Gasteiger partial charge in [-0.25, -0.2) is 8.42 Å². The number of sulfonamides is 1. The summed E-state index contributed by atoms with van der Waals surface area (Å²) in [5.41, 5.74) is 4.78. The normalized spacial score (nSPS) is 14.7. The molecule has 1 fully saturated rings. The number of rotatable bonds is 12. The Morgan fingerprint density at radius 3 is 2.33 bits per heavy atom. The van der Waals surface area contributed by atoms with Gasteiger partial charge in [-0.3, -0.25) is 9.52 Å². The highest BCUT2D eigenvalue weighted by Gasteiger charge is 2.19. The van der Waals surface area contributed by atoms with E-state index in [-0.39, 0.29) is 24.9 Å².